The highest BCUT2D eigenvalue weighted by molar-refractivity contribution is 7.80. The SMILES string of the molecule is CCCCOCCOc1ccc(C)cc1C(N)=S. The minimum absolute atomic E-state index is 0.362. The van der Waals surface area contributed by atoms with Crippen molar-refractivity contribution in [1.82, 2.24) is 0 Å². The molecule has 0 spiro atoms. The highest BCUT2D eigenvalue weighted by atomic mass is 32.1. The molecule has 1 aromatic carbocycles. The van der Waals surface area contributed by atoms with Gasteiger partial charge in [-0.3, -0.25) is 0 Å². The van der Waals surface area contributed by atoms with Crippen molar-refractivity contribution in [2.75, 3.05) is 19.8 Å². The van der Waals surface area contributed by atoms with E-state index in [4.69, 9.17) is 27.4 Å². The molecule has 100 valence electrons. The standard InChI is InChI=1S/C14H21NO2S/c1-3-4-7-16-8-9-17-13-6-5-11(2)10-12(13)14(15)18/h5-6,10H,3-4,7-9H2,1-2H3,(H2,15,18). The van der Waals surface area contributed by atoms with Crippen LogP contribution in [0.3, 0.4) is 0 Å². The first-order valence-electron chi connectivity index (χ1n) is 6.26. The van der Waals surface area contributed by atoms with Crippen molar-refractivity contribution in [2.24, 2.45) is 5.73 Å². The first-order chi connectivity index (χ1) is 8.65. The van der Waals surface area contributed by atoms with Crippen molar-refractivity contribution in [1.29, 1.82) is 0 Å². The minimum atomic E-state index is 0.362. The zero-order chi connectivity index (χ0) is 13.4. The van der Waals surface area contributed by atoms with Crippen LogP contribution in [0.4, 0.5) is 0 Å². The molecule has 0 saturated carbocycles. The Balaban J connectivity index is 2.44. The number of ether oxygens (including phenoxy) is 2. The van der Waals surface area contributed by atoms with Crippen molar-refractivity contribution in [3.05, 3.63) is 29.3 Å². The number of aryl methyl sites for hydroxylation is 1. The molecular weight excluding hydrogens is 246 g/mol. The van der Waals surface area contributed by atoms with Gasteiger partial charge in [0.05, 0.1) is 12.2 Å². The highest BCUT2D eigenvalue weighted by Gasteiger charge is 2.06. The normalized spacial score (nSPS) is 10.3. The Kier molecular flexibility index (Phi) is 6.68. The number of thiocarbonyl (C=S) groups is 1. The van der Waals surface area contributed by atoms with Gasteiger partial charge in [0.15, 0.2) is 0 Å². The average molecular weight is 267 g/mol. The van der Waals surface area contributed by atoms with E-state index >= 15 is 0 Å². The van der Waals surface area contributed by atoms with Crippen LogP contribution in [0.25, 0.3) is 0 Å². The third kappa shape index (κ3) is 5.02. The smallest absolute Gasteiger partial charge is 0.129 e. The van der Waals surface area contributed by atoms with Gasteiger partial charge in [-0.2, -0.15) is 0 Å². The summed E-state index contributed by atoms with van der Waals surface area (Å²) >= 11 is 5.01. The summed E-state index contributed by atoms with van der Waals surface area (Å²) in [6, 6.07) is 5.82. The molecule has 18 heavy (non-hydrogen) atoms. The van der Waals surface area contributed by atoms with Crippen molar-refractivity contribution >= 4 is 17.2 Å². The maximum atomic E-state index is 5.67. The Hall–Kier alpha value is -1.13. The summed E-state index contributed by atoms with van der Waals surface area (Å²) in [4.78, 5) is 0.362. The largest absolute Gasteiger partial charge is 0.490 e. The molecule has 0 aliphatic carbocycles. The molecule has 0 amide bonds. The summed E-state index contributed by atoms with van der Waals surface area (Å²) < 4.78 is 11.1. The number of nitrogens with two attached hydrogens (primary N) is 1. The van der Waals surface area contributed by atoms with Gasteiger partial charge in [0.25, 0.3) is 0 Å². The zero-order valence-corrected chi connectivity index (χ0v) is 11.9. The van der Waals surface area contributed by atoms with Gasteiger partial charge in [-0.1, -0.05) is 37.2 Å². The summed E-state index contributed by atoms with van der Waals surface area (Å²) in [7, 11) is 0. The molecular formula is C14H21NO2S. The van der Waals surface area contributed by atoms with Gasteiger partial charge < -0.3 is 15.2 Å². The fourth-order valence-corrected chi connectivity index (χ4v) is 1.68. The molecule has 0 aliphatic rings. The number of hydrogen-bond donors (Lipinski definition) is 1. The topological polar surface area (TPSA) is 44.5 Å². The maximum absolute atomic E-state index is 5.67. The van der Waals surface area contributed by atoms with Crippen LogP contribution in [0.15, 0.2) is 18.2 Å². The van der Waals surface area contributed by atoms with Crippen molar-refractivity contribution < 1.29 is 9.47 Å². The van der Waals surface area contributed by atoms with Gasteiger partial charge in [0.2, 0.25) is 0 Å². The summed E-state index contributed by atoms with van der Waals surface area (Å²) in [6.07, 6.45) is 2.23. The molecule has 2 N–H and O–H groups in total. The Morgan fingerprint density at radius 2 is 2.06 bits per heavy atom. The van der Waals surface area contributed by atoms with E-state index in [1.807, 2.05) is 25.1 Å². The van der Waals surface area contributed by atoms with Crippen LogP contribution in [0.1, 0.15) is 30.9 Å². The molecule has 0 unspecified atom stereocenters. The van der Waals surface area contributed by atoms with Gasteiger partial charge in [-0.15, -0.1) is 0 Å². The van der Waals surface area contributed by atoms with E-state index in [0.717, 1.165) is 36.3 Å². The van der Waals surface area contributed by atoms with Gasteiger partial charge in [0.1, 0.15) is 17.3 Å². The summed E-state index contributed by atoms with van der Waals surface area (Å²) in [5.41, 5.74) is 7.58. The maximum Gasteiger partial charge on any atom is 0.129 e. The number of unbranched alkanes of at least 4 members (excludes halogenated alkanes) is 1. The summed E-state index contributed by atoms with van der Waals surface area (Å²) in [5, 5.41) is 0. The van der Waals surface area contributed by atoms with Crippen molar-refractivity contribution in [2.45, 2.75) is 26.7 Å². The minimum Gasteiger partial charge on any atom is -0.490 e. The first kappa shape index (κ1) is 14.9. The molecule has 0 bridgehead atoms. The first-order valence-corrected chi connectivity index (χ1v) is 6.67. The fourth-order valence-electron chi connectivity index (χ4n) is 1.52. The lowest BCUT2D eigenvalue weighted by atomic mass is 10.1. The summed E-state index contributed by atoms with van der Waals surface area (Å²) in [5.74, 6) is 0.729. The monoisotopic (exact) mass is 267 g/mol. The molecule has 0 radical (unpaired) electrons. The predicted molar refractivity (Wildman–Crippen MR) is 78.3 cm³/mol. The number of hydrogen-bond acceptors (Lipinski definition) is 3. The van der Waals surface area contributed by atoms with E-state index in [0.29, 0.717) is 18.2 Å². The van der Waals surface area contributed by atoms with Crippen LogP contribution in [0.5, 0.6) is 5.75 Å². The lowest BCUT2D eigenvalue weighted by molar-refractivity contribution is 0.0980. The molecule has 0 heterocycles. The van der Waals surface area contributed by atoms with Crippen molar-refractivity contribution in [3.8, 4) is 5.75 Å². The lowest BCUT2D eigenvalue weighted by Gasteiger charge is -2.11. The quantitative estimate of drug-likeness (QED) is 0.581. The van der Waals surface area contributed by atoms with E-state index in [1.54, 1.807) is 0 Å². The Bertz CT molecular complexity index is 393. The summed E-state index contributed by atoms with van der Waals surface area (Å²) in [6.45, 7) is 6.03. The van der Waals surface area contributed by atoms with Gasteiger partial charge in [0, 0.05) is 6.61 Å². The third-order valence-electron chi connectivity index (χ3n) is 2.53. The van der Waals surface area contributed by atoms with Crippen LogP contribution in [0, 0.1) is 6.92 Å². The fraction of sp³-hybridized carbons (Fsp3) is 0.500. The Labute approximate surface area is 114 Å². The van der Waals surface area contributed by atoms with E-state index in [9.17, 15) is 0 Å². The van der Waals surface area contributed by atoms with Gasteiger partial charge >= 0.3 is 0 Å². The van der Waals surface area contributed by atoms with Crippen LogP contribution >= 0.6 is 12.2 Å². The molecule has 3 nitrogen and oxygen atoms in total. The highest BCUT2D eigenvalue weighted by Crippen LogP contribution is 2.19. The van der Waals surface area contributed by atoms with Crippen molar-refractivity contribution in [3.63, 3.8) is 0 Å². The lowest BCUT2D eigenvalue weighted by Crippen LogP contribution is -2.14. The molecule has 1 rings (SSSR count). The van der Waals surface area contributed by atoms with Crippen LogP contribution in [0.2, 0.25) is 0 Å². The second-order valence-electron chi connectivity index (χ2n) is 4.18. The molecule has 0 atom stereocenters. The van der Waals surface area contributed by atoms with Gasteiger partial charge in [-0.25, -0.2) is 0 Å². The second-order valence-corrected chi connectivity index (χ2v) is 4.62. The van der Waals surface area contributed by atoms with Gasteiger partial charge in [-0.05, 0) is 25.5 Å². The molecule has 0 aliphatic heterocycles. The average Bonchev–Trinajstić information content (AvgIpc) is 2.35. The Morgan fingerprint density at radius 1 is 1.28 bits per heavy atom. The number of rotatable bonds is 8. The van der Waals surface area contributed by atoms with Crippen LogP contribution in [-0.4, -0.2) is 24.8 Å². The van der Waals surface area contributed by atoms with E-state index in [2.05, 4.69) is 6.92 Å². The van der Waals surface area contributed by atoms with E-state index in [1.165, 1.54) is 0 Å². The predicted octanol–water partition coefficient (Wildman–Crippen LogP) is 2.82. The number of benzene rings is 1. The zero-order valence-electron chi connectivity index (χ0n) is 11.1. The molecule has 0 aromatic heterocycles. The molecule has 4 heteroatoms. The third-order valence-corrected chi connectivity index (χ3v) is 2.75. The van der Waals surface area contributed by atoms with E-state index < -0.39 is 0 Å². The molecule has 0 fully saturated rings. The molecule has 1 aromatic rings. The van der Waals surface area contributed by atoms with Crippen LogP contribution < -0.4 is 10.5 Å². The van der Waals surface area contributed by atoms with E-state index in [-0.39, 0.29) is 0 Å². The Morgan fingerprint density at radius 3 is 2.72 bits per heavy atom. The second kappa shape index (κ2) is 8.06. The molecule has 0 saturated heterocycles. The van der Waals surface area contributed by atoms with Crippen LogP contribution in [-0.2, 0) is 4.74 Å².